The largest absolute Gasteiger partial charge is 0.467 e. The number of ketones is 1. The number of rotatable bonds is 6. The molecule has 0 atom stereocenters. The first-order valence-corrected chi connectivity index (χ1v) is 9.65. The number of esters is 1. The molecule has 7 heteroatoms. The number of nitrogens with zero attached hydrogens (tertiary/aromatic N) is 1. The van der Waals surface area contributed by atoms with Gasteiger partial charge in [-0.15, -0.1) is 0 Å². The fraction of sp³-hybridized carbons (Fsp3) is 0.167. The summed E-state index contributed by atoms with van der Waals surface area (Å²) in [5, 5.41) is 0. The molecule has 3 aromatic rings. The number of carbonyl (C=O) groups is 4. The van der Waals surface area contributed by atoms with Crippen molar-refractivity contribution in [2.75, 3.05) is 6.61 Å². The van der Waals surface area contributed by atoms with Crippen LogP contribution < -0.4 is 0 Å². The zero-order chi connectivity index (χ0) is 22.1. The van der Waals surface area contributed by atoms with Gasteiger partial charge in [0.05, 0.1) is 29.5 Å². The molecule has 31 heavy (non-hydrogen) atoms. The topological polar surface area (TPSA) is 93.9 Å². The standard InChI is InChI=1S/C24H19NO6/c1-14-5-7-18(15(2)10-14)21(26)13-31-24(29)16-6-8-19-20(11-16)23(28)25(22(19)27)12-17-4-3-9-30-17/h3-11H,12-13H2,1-2H3. The Bertz CT molecular complexity index is 1210. The lowest BCUT2D eigenvalue weighted by molar-refractivity contribution is 0.0474. The van der Waals surface area contributed by atoms with Gasteiger partial charge in [0, 0.05) is 5.56 Å². The van der Waals surface area contributed by atoms with Gasteiger partial charge >= 0.3 is 5.97 Å². The van der Waals surface area contributed by atoms with Gasteiger partial charge in [0.1, 0.15) is 5.76 Å². The summed E-state index contributed by atoms with van der Waals surface area (Å²) in [7, 11) is 0. The number of benzene rings is 2. The predicted molar refractivity (Wildman–Crippen MR) is 110 cm³/mol. The second kappa shape index (κ2) is 8.02. The maximum absolute atomic E-state index is 12.7. The minimum absolute atomic E-state index is 0.00350. The average Bonchev–Trinajstić information content (AvgIpc) is 3.34. The summed E-state index contributed by atoms with van der Waals surface area (Å²) in [5.74, 6) is -1.56. The molecule has 1 aromatic heterocycles. The molecular formula is C24H19NO6. The van der Waals surface area contributed by atoms with Crippen molar-refractivity contribution in [3.8, 4) is 0 Å². The lowest BCUT2D eigenvalue weighted by Gasteiger charge is -2.11. The summed E-state index contributed by atoms with van der Waals surface area (Å²) >= 11 is 0. The minimum atomic E-state index is -0.745. The number of carbonyl (C=O) groups excluding carboxylic acids is 4. The van der Waals surface area contributed by atoms with Crippen LogP contribution in [-0.2, 0) is 11.3 Å². The molecule has 0 unspecified atom stereocenters. The van der Waals surface area contributed by atoms with E-state index in [1.54, 1.807) is 18.2 Å². The summed E-state index contributed by atoms with van der Waals surface area (Å²) < 4.78 is 10.4. The quantitative estimate of drug-likeness (QED) is 0.345. The third kappa shape index (κ3) is 3.90. The van der Waals surface area contributed by atoms with E-state index < -0.39 is 24.4 Å². The van der Waals surface area contributed by atoms with E-state index in [1.807, 2.05) is 26.0 Å². The number of ether oxygens (including phenoxy) is 1. The number of fused-ring (bicyclic) bond motifs is 1. The highest BCUT2D eigenvalue weighted by Gasteiger charge is 2.36. The Labute approximate surface area is 178 Å². The van der Waals surface area contributed by atoms with E-state index >= 15 is 0 Å². The average molecular weight is 417 g/mol. The van der Waals surface area contributed by atoms with Crippen molar-refractivity contribution in [3.05, 3.63) is 93.9 Å². The Hall–Kier alpha value is -4.00. The number of imide groups is 1. The van der Waals surface area contributed by atoms with E-state index in [1.165, 1.54) is 24.5 Å². The molecule has 156 valence electrons. The van der Waals surface area contributed by atoms with Crippen molar-refractivity contribution in [2.24, 2.45) is 0 Å². The Morgan fingerprint density at radius 3 is 2.45 bits per heavy atom. The Morgan fingerprint density at radius 1 is 0.968 bits per heavy atom. The van der Waals surface area contributed by atoms with E-state index in [0.29, 0.717) is 11.3 Å². The normalized spacial score (nSPS) is 12.8. The Morgan fingerprint density at radius 2 is 1.74 bits per heavy atom. The van der Waals surface area contributed by atoms with Gasteiger partial charge in [-0.2, -0.15) is 0 Å². The molecule has 0 radical (unpaired) electrons. The molecule has 0 spiro atoms. The minimum Gasteiger partial charge on any atom is -0.467 e. The van der Waals surface area contributed by atoms with Crippen LogP contribution in [0.25, 0.3) is 0 Å². The van der Waals surface area contributed by atoms with Crippen molar-refractivity contribution in [1.29, 1.82) is 0 Å². The zero-order valence-electron chi connectivity index (χ0n) is 17.0. The molecule has 0 aliphatic carbocycles. The Kier molecular flexibility index (Phi) is 5.25. The number of aryl methyl sites for hydroxylation is 2. The van der Waals surface area contributed by atoms with E-state index in [0.717, 1.165) is 16.0 Å². The summed E-state index contributed by atoms with van der Waals surface area (Å²) in [4.78, 5) is 51.1. The molecule has 7 nitrogen and oxygen atoms in total. The van der Waals surface area contributed by atoms with Crippen molar-refractivity contribution >= 4 is 23.6 Å². The molecular weight excluding hydrogens is 398 g/mol. The third-order valence-corrected chi connectivity index (χ3v) is 5.12. The first-order valence-electron chi connectivity index (χ1n) is 9.65. The molecule has 4 rings (SSSR count). The first-order chi connectivity index (χ1) is 14.8. The highest BCUT2D eigenvalue weighted by Crippen LogP contribution is 2.26. The summed E-state index contributed by atoms with van der Waals surface area (Å²) in [6, 6.07) is 12.9. The highest BCUT2D eigenvalue weighted by molar-refractivity contribution is 6.21. The molecule has 2 aromatic carbocycles. The van der Waals surface area contributed by atoms with Crippen molar-refractivity contribution in [1.82, 2.24) is 4.90 Å². The van der Waals surface area contributed by atoms with E-state index in [-0.39, 0.29) is 29.0 Å². The highest BCUT2D eigenvalue weighted by atomic mass is 16.5. The van der Waals surface area contributed by atoms with E-state index in [4.69, 9.17) is 9.15 Å². The first kappa shape index (κ1) is 20.3. The maximum Gasteiger partial charge on any atom is 0.338 e. The predicted octanol–water partition coefficient (Wildman–Crippen LogP) is 3.73. The number of hydrogen-bond donors (Lipinski definition) is 0. The maximum atomic E-state index is 12.7. The molecule has 2 heterocycles. The summed E-state index contributed by atoms with van der Waals surface area (Å²) in [6.45, 7) is 3.33. The van der Waals surface area contributed by atoms with Crippen molar-refractivity contribution < 1.29 is 28.3 Å². The van der Waals surface area contributed by atoms with Crippen LogP contribution in [0.4, 0.5) is 0 Å². The van der Waals surface area contributed by atoms with Crippen LogP contribution >= 0.6 is 0 Å². The van der Waals surface area contributed by atoms with Gasteiger partial charge in [-0.05, 0) is 49.7 Å². The fourth-order valence-electron chi connectivity index (χ4n) is 3.54. The molecule has 1 aliphatic rings. The van der Waals surface area contributed by atoms with Crippen LogP contribution in [0.2, 0.25) is 0 Å². The fourth-order valence-corrected chi connectivity index (χ4v) is 3.54. The molecule has 0 bridgehead atoms. The number of amides is 2. The third-order valence-electron chi connectivity index (χ3n) is 5.12. The lowest BCUT2D eigenvalue weighted by atomic mass is 10.0. The SMILES string of the molecule is Cc1ccc(C(=O)COC(=O)c2ccc3c(c2)C(=O)N(Cc2ccco2)C3=O)c(C)c1. The van der Waals surface area contributed by atoms with Crippen molar-refractivity contribution in [3.63, 3.8) is 0 Å². The molecule has 0 fully saturated rings. The molecule has 1 aliphatic heterocycles. The van der Waals surface area contributed by atoms with Crippen LogP contribution in [-0.4, -0.2) is 35.1 Å². The summed E-state index contributed by atoms with van der Waals surface area (Å²) in [5.41, 5.74) is 2.74. The van der Waals surface area contributed by atoms with Gasteiger partial charge in [-0.25, -0.2) is 4.79 Å². The van der Waals surface area contributed by atoms with Gasteiger partial charge < -0.3 is 9.15 Å². The zero-order valence-corrected chi connectivity index (χ0v) is 17.0. The smallest absolute Gasteiger partial charge is 0.338 e. The van der Waals surface area contributed by atoms with Gasteiger partial charge in [0.2, 0.25) is 5.78 Å². The number of hydrogen-bond acceptors (Lipinski definition) is 6. The van der Waals surface area contributed by atoms with E-state index in [9.17, 15) is 19.2 Å². The second-order valence-electron chi connectivity index (χ2n) is 7.35. The molecule has 0 saturated heterocycles. The lowest BCUT2D eigenvalue weighted by Crippen LogP contribution is -2.28. The summed E-state index contributed by atoms with van der Waals surface area (Å²) in [6.07, 6.45) is 1.46. The van der Waals surface area contributed by atoms with E-state index in [2.05, 4.69) is 0 Å². The van der Waals surface area contributed by atoms with Gasteiger partial charge in [0.15, 0.2) is 6.61 Å². The second-order valence-corrected chi connectivity index (χ2v) is 7.35. The number of Topliss-reactive ketones (excluding diaryl/α,β-unsaturated/α-hetero) is 1. The van der Waals surface area contributed by atoms with Gasteiger partial charge in [-0.3, -0.25) is 19.3 Å². The molecule has 0 saturated carbocycles. The van der Waals surface area contributed by atoms with Gasteiger partial charge in [0.25, 0.3) is 11.8 Å². The van der Waals surface area contributed by atoms with Crippen LogP contribution in [0.1, 0.15) is 58.3 Å². The van der Waals surface area contributed by atoms with Gasteiger partial charge in [-0.1, -0.05) is 23.8 Å². The number of furan rings is 1. The van der Waals surface area contributed by atoms with Crippen LogP contribution in [0.5, 0.6) is 0 Å². The van der Waals surface area contributed by atoms with Crippen LogP contribution in [0, 0.1) is 13.8 Å². The Balaban J connectivity index is 1.46. The monoisotopic (exact) mass is 417 g/mol. The molecule has 2 amide bonds. The van der Waals surface area contributed by atoms with Crippen LogP contribution in [0.15, 0.2) is 59.2 Å². The van der Waals surface area contributed by atoms with Crippen molar-refractivity contribution in [2.45, 2.75) is 20.4 Å². The van der Waals surface area contributed by atoms with Crippen LogP contribution in [0.3, 0.4) is 0 Å². The molecule has 0 N–H and O–H groups in total.